The third kappa shape index (κ3) is 3.71. The van der Waals surface area contributed by atoms with Crippen molar-refractivity contribution in [2.75, 3.05) is 24.6 Å². The Balaban J connectivity index is 2.15. The SMILES string of the molecule is CCNCc1ccc(N2CC(C)OCC2C)c(Br)c1. The lowest BCUT2D eigenvalue weighted by Crippen LogP contribution is -2.47. The number of rotatable bonds is 4. The molecule has 0 bridgehead atoms. The number of nitrogens with zero attached hydrogens (tertiary/aromatic N) is 1. The van der Waals surface area contributed by atoms with Crippen molar-refractivity contribution in [2.24, 2.45) is 0 Å². The highest BCUT2D eigenvalue weighted by Gasteiger charge is 2.24. The first kappa shape index (κ1) is 14.8. The van der Waals surface area contributed by atoms with Gasteiger partial charge in [0.05, 0.1) is 18.4 Å². The van der Waals surface area contributed by atoms with Crippen LogP contribution >= 0.6 is 15.9 Å². The number of anilines is 1. The molecule has 1 N–H and O–H groups in total. The van der Waals surface area contributed by atoms with Crippen molar-refractivity contribution in [3.63, 3.8) is 0 Å². The van der Waals surface area contributed by atoms with Gasteiger partial charge in [-0.05, 0) is 54.0 Å². The van der Waals surface area contributed by atoms with Gasteiger partial charge in [-0.25, -0.2) is 0 Å². The number of nitrogens with one attached hydrogen (secondary N) is 1. The van der Waals surface area contributed by atoms with Crippen molar-refractivity contribution in [2.45, 2.75) is 39.5 Å². The zero-order valence-electron chi connectivity index (χ0n) is 11.9. The van der Waals surface area contributed by atoms with Crippen LogP contribution in [0.3, 0.4) is 0 Å². The maximum Gasteiger partial charge on any atom is 0.0723 e. The summed E-state index contributed by atoms with van der Waals surface area (Å²) in [5.41, 5.74) is 2.58. The molecule has 1 aliphatic rings. The third-order valence-electron chi connectivity index (χ3n) is 3.51. The third-order valence-corrected chi connectivity index (χ3v) is 4.14. The highest BCUT2D eigenvalue weighted by molar-refractivity contribution is 9.10. The van der Waals surface area contributed by atoms with E-state index >= 15 is 0 Å². The van der Waals surface area contributed by atoms with Gasteiger partial charge in [-0.15, -0.1) is 0 Å². The monoisotopic (exact) mass is 326 g/mol. The van der Waals surface area contributed by atoms with Gasteiger partial charge in [-0.2, -0.15) is 0 Å². The van der Waals surface area contributed by atoms with Crippen molar-refractivity contribution in [1.29, 1.82) is 0 Å². The molecule has 1 heterocycles. The van der Waals surface area contributed by atoms with Gasteiger partial charge in [0.1, 0.15) is 0 Å². The van der Waals surface area contributed by atoms with E-state index in [0.29, 0.717) is 12.1 Å². The van der Waals surface area contributed by atoms with Crippen LogP contribution < -0.4 is 10.2 Å². The average molecular weight is 327 g/mol. The Morgan fingerprint density at radius 2 is 2.21 bits per heavy atom. The Kier molecular flexibility index (Phi) is 5.25. The first-order valence-corrected chi connectivity index (χ1v) is 7.78. The summed E-state index contributed by atoms with van der Waals surface area (Å²) in [5, 5.41) is 3.35. The molecular formula is C15H23BrN2O. The van der Waals surface area contributed by atoms with Gasteiger partial charge in [-0.3, -0.25) is 0 Å². The first-order chi connectivity index (χ1) is 9.11. The lowest BCUT2D eigenvalue weighted by molar-refractivity contribution is 0.0343. The van der Waals surface area contributed by atoms with Crippen LogP contribution in [-0.4, -0.2) is 31.8 Å². The highest BCUT2D eigenvalue weighted by atomic mass is 79.9. The number of morpholine rings is 1. The minimum Gasteiger partial charge on any atom is -0.375 e. The van der Waals surface area contributed by atoms with Gasteiger partial charge in [0, 0.05) is 23.6 Å². The largest absolute Gasteiger partial charge is 0.375 e. The zero-order chi connectivity index (χ0) is 13.8. The van der Waals surface area contributed by atoms with E-state index in [2.05, 4.69) is 65.1 Å². The second-order valence-electron chi connectivity index (χ2n) is 5.21. The molecule has 0 saturated carbocycles. The molecule has 0 aliphatic carbocycles. The lowest BCUT2D eigenvalue weighted by Gasteiger charge is -2.39. The Labute approximate surface area is 124 Å². The van der Waals surface area contributed by atoms with E-state index in [9.17, 15) is 0 Å². The molecule has 2 unspecified atom stereocenters. The topological polar surface area (TPSA) is 24.5 Å². The minimum absolute atomic E-state index is 0.296. The molecule has 0 spiro atoms. The molecule has 1 saturated heterocycles. The molecule has 4 heteroatoms. The Morgan fingerprint density at radius 1 is 1.42 bits per heavy atom. The highest BCUT2D eigenvalue weighted by Crippen LogP contribution is 2.30. The fourth-order valence-corrected chi connectivity index (χ4v) is 3.06. The van der Waals surface area contributed by atoms with Gasteiger partial charge in [0.2, 0.25) is 0 Å². The fourth-order valence-electron chi connectivity index (χ4n) is 2.40. The lowest BCUT2D eigenvalue weighted by atomic mass is 10.1. The Morgan fingerprint density at radius 3 is 2.89 bits per heavy atom. The summed E-state index contributed by atoms with van der Waals surface area (Å²) >= 11 is 3.71. The standard InChI is InChI=1S/C15H23BrN2O/c1-4-17-8-13-5-6-15(14(16)7-13)18-9-12(3)19-10-11(18)2/h5-7,11-12,17H,4,8-10H2,1-3H3. The van der Waals surface area contributed by atoms with Gasteiger partial charge in [0.25, 0.3) is 0 Å². The summed E-state index contributed by atoms with van der Waals surface area (Å²) in [6.45, 7) is 10.1. The van der Waals surface area contributed by atoms with E-state index in [4.69, 9.17) is 4.74 Å². The van der Waals surface area contributed by atoms with E-state index in [-0.39, 0.29) is 0 Å². The maximum atomic E-state index is 5.69. The van der Waals surface area contributed by atoms with Crippen LogP contribution in [0.1, 0.15) is 26.3 Å². The number of hydrogen-bond donors (Lipinski definition) is 1. The number of hydrogen-bond acceptors (Lipinski definition) is 3. The predicted octanol–water partition coefficient (Wildman–Crippen LogP) is 3.17. The van der Waals surface area contributed by atoms with Crippen molar-refractivity contribution < 1.29 is 4.74 Å². The number of benzene rings is 1. The summed E-state index contributed by atoms with van der Waals surface area (Å²) in [6, 6.07) is 7.05. The second-order valence-corrected chi connectivity index (χ2v) is 6.07. The van der Waals surface area contributed by atoms with Crippen LogP contribution in [-0.2, 0) is 11.3 Å². The molecule has 19 heavy (non-hydrogen) atoms. The molecule has 1 aromatic rings. The van der Waals surface area contributed by atoms with Crippen LogP contribution in [0.4, 0.5) is 5.69 Å². The van der Waals surface area contributed by atoms with Gasteiger partial charge in [0.15, 0.2) is 0 Å². The van der Waals surface area contributed by atoms with Crippen LogP contribution in [0.15, 0.2) is 22.7 Å². The summed E-state index contributed by atoms with van der Waals surface area (Å²) in [7, 11) is 0. The normalized spacial score (nSPS) is 23.7. The first-order valence-electron chi connectivity index (χ1n) is 6.99. The molecule has 1 fully saturated rings. The molecule has 2 atom stereocenters. The van der Waals surface area contributed by atoms with Crippen LogP contribution in [0.2, 0.25) is 0 Å². The van der Waals surface area contributed by atoms with Crippen molar-refractivity contribution in [3.05, 3.63) is 28.2 Å². The van der Waals surface area contributed by atoms with Crippen LogP contribution in [0.25, 0.3) is 0 Å². The van der Waals surface area contributed by atoms with Gasteiger partial charge in [-0.1, -0.05) is 13.0 Å². The van der Waals surface area contributed by atoms with Crippen LogP contribution in [0, 0.1) is 0 Å². The van der Waals surface area contributed by atoms with E-state index in [1.165, 1.54) is 15.7 Å². The van der Waals surface area contributed by atoms with E-state index in [1.807, 2.05) is 0 Å². The van der Waals surface area contributed by atoms with Gasteiger partial charge < -0.3 is 15.0 Å². The predicted molar refractivity (Wildman–Crippen MR) is 83.7 cm³/mol. The zero-order valence-corrected chi connectivity index (χ0v) is 13.5. The Bertz CT molecular complexity index is 425. The molecule has 2 rings (SSSR count). The number of halogens is 1. The molecule has 106 valence electrons. The van der Waals surface area contributed by atoms with E-state index in [0.717, 1.165) is 26.2 Å². The van der Waals surface area contributed by atoms with Gasteiger partial charge >= 0.3 is 0 Å². The maximum absolute atomic E-state index is 5.69. The molecule has 0 amide bonds. The molecule has 0 aromatic heterocycles. The molecule has 0 radical (unpaired) electrons. The summed E-state index contributed by atoms with van der Waals surface area (Å²) in [5.74, 6) is 0. The Hall–Kier alpha value is -0.580. The molecule has 1 aliphatic heterocycles. The quantitative estimate of drug-likeness (QED) is 0.919. The van der Waals surface area contributed by atoms with E-state index in [1.54, 1.807) is 0 Å². The van der Waals surface area contributed by atoms with Crippen LogP contribution in [0.5, 0.6) is 0 Å². The second kappa shape index (κ2) is 6.73. The summed E-state index contributed by atoms with van der Waals surface area (Å²) < 4.78 is 6.86. The summed E-state index contributed by atoms with van der Waals surface area (Å²) in [6.07, 6.45) is 0.296. The summed E-state index contributed by atoms with van der Waals surface area (Å²) in [4.78, 5) is 2.43. The number of ether oxygens (including phenoxy) is 1. The van der Waals surface area contributed by atoms with E-state index < -0.39 is 0 Å². The average Bonchev–Trinajstić information content (AvgIpc) is 2.40. The molecular weight excluding hydrogens is 304 g/mol. The fraction of sp³-hybridized carbons (Fsp3) is 0.600. The molecule has 1 aromatic carbocycles. The molecule has 3 nitrogen and oxygen atoms in total. The van der Waals surface area contributed by atoms with Crippen molar-refractivity contribution >= 4 is 21.6 Å². The van der Waals surface area contributed by atoms with Crippen molar-refractivity contribution in [3.8, 4) is 0 Å². The smallest absolute Gasteiger partial charge is 0.0723 e. The van der Waals surface area contributed by atoms with Crippen molar-refractivity contribution in [1.82, 2.24) is 5.32 Å². The minimum atomic E-state index is 0.296.